The molecule has 2 N–H and O–H groups in total. The van der Waals surface area contributed by atoms with Gasteiger partial charge in [-0.25, -0.2) is 4.98 Å². The number of nitrogens with zero attached hydrogens (tertiary/aromatic N) is 5. The van der Waals surface area contributed by atoms with E-state index < -0.39 is 0 Å². The van der Waals surface area contributed by atoms with Gasteiger partial charge in [0.15, 0.2) is 0 Å². The molecule has 2 aromatic rings. The van der Waals surface area contributed by atoms with Crippen LogP contribution in [0, 0.1) is 13.8 Å². The molecule has 0 spiro atoms. The van der Waals surface area contributed by atoms with Crippen molar-refractivity contribution >= 4 is 17.8 Å². The quantitative estimate of drug-likeness (QED) is 0.842. The second kappa shape index (κ2) is 5.72. The topological polar surface area (TPSA) is 92.0 Å². The van der Waals surface area contributed by atoms with Crippen LogP contribution in [0.1, 0.15) is 17.3 Å². The van der Waals surface area contributed by atoms with Crippen molar-refractivity contribution in [3.63, 3.8) is 0 Å². The number of anilines is 3. The van der Waals surface area contributed by atoms with E-state index in [-0.39, 0.29) is 0 Å². The molecule has 0 unspecified atom stereocenters. The smallest absolute Gasteiger partial charge is 0.231 e. The maximum atomic E-state index is 5.50. The molecule has 2 heterocycles. The van der Waals surface area contributed by atoms with Gasteiger partial charge in [0.2, 0.25) is 23.7 Å². The molecule has 0 atom stereocenters. The van der Waals surface area contributed by atoms with Crippen LogP contribution >= 0.6 is 0 Å². The van der Waals surface area contributed by atoms with Gasteiger partial charge in [-0.05, 0) is 13.8 Å². The summed E-state index contributed by atoms with van der Waals surface area (Å²) < 4.78 is 5.50. The van der Waals surface area contributed by atoms with Gasteiger partial charge in [0.25, 0.3) is 0 Å². The summed E-state index contributed by atoms with van der Waals surface area (Å²) in [6.07, 6.45) is 0. The first-order valence-corrected chi connectivity index (χ1v) is 6.27. The number of aryl methyl sites for hydroxylation is 2. The Hall–Kier alpha value is -2.38. The molecule has 0 radical (unpaired) electrons. The highest BCUT2D eigenvalue weighted by molar-refractivity contribution is 5.42. The zero-order valence-corrected chi connectivity index (χ0v) is 12.4. The highest BCUT2D eigenvalue weighted by Crippen LogP contribution is 2.13. The zero-order valence-electron chi connectivity index (χ0n) is 12.4. The summed E-state index contributed by atoms with van der Waals surface area (Å²) in [5.74, 6) is 2.99. The normalized spacial score (nSPS) is 10.4. The molecule has 8 heteroatoms. The maximum Gasteiger partial charge on any atom is 0.231 e. The molecule has 0 saturated heterocycles. The Bertz CT molecular complexity index is 574. The Morgan fingerprint density at radius 1 is 1.05 bits per heavy atom. The van der Waals surface area contributed by atoms with Crippen LogP contribution in [0.15, 0.2) is 4.42 Å². The third-order valence-electron chi connectivity index (χ3n) is 2.72. The second-order valence-corrected chi connectivity index (χ2v) is 4.53. The van der Waals surface area contributed by atoms with Gasteiger partial charge in [-0.1, -0.05) is 0 Å². The monoisotopic (exact) mass is 277 g/mol. The lowest BCUT2D eigenvalue weighted by Crippen LogP contribution is -2.16. The lowest BCUT2D eigenvalue weighted by molar-refractivity contribution is 0.478. The number of hydrogen-bond acceptors (Lipinski definition) is 8. The van der Waals surface area contributed by atoms with E-state index in [2.05, 4.69) is 30.6 Å². The van der Waals surface area contributed by atoms with Crippen LogP contribution in [0.2, 0.25) is 0 Å². The predicted molar refractivity (Wildman–Crippen MR) is 77.0 cm³/mol. The largest absolute Gasteiger partial charge is 0.444 e. The molecule has 20 heavy (non-hydrogen) atoms. The van der Waals surface area contributed by atoms with Crippen LogP contribution in [0.4, 0.5) is 17.8 Å². The standard InChI is InChI=1S/C12H19N7O/c1-7-8(2)20-9(15-7)6-14-11-16-10(13-3)17-12(18-11)19(4)5/h6H2,1-5H3,(H2,13,14,16,17,18). The molecule has 0 amide bonds. The Morgan fingerprint density at radius 3 is 2.30 bits per heavy atom. The summed E-state index contributed by atoms with van der Waals surface area (Å²) in [7, 11) is 5.51. The van der Waals surface area contributed by atoms with Gasteiger partial charge >= 0.3 is 0 Å². The van der Waals surface area contributed by atoms with E-state index in [4.69, 9.17) is 4.42 Å². The third-order valence-corrected chi connectivity index (χ3v) is 2.72. The second-order valence-electron chi connectivity index (χ2n) is 4.53. The highest BCUT2D eigenvalue weighted by atomic mass is 16.4. The summed E-state index contributed by atoms with van der Waals surface area (Å²) in [5, 5.41) is 5.99. The number of aromatic nitrogens is 4. The van der Waals surface area contributed by atoms with E-state index in [0.29, 0.717) is 30.3 Å². The van der Waals surface area contributed by atoms with Crippen LogP contribution in [0.25, 0.3) is 0 Å². The molecule has 2 rings (SSSR count). The van der Waals surface area contributed by atoms with Crippen LogP contribution in [0.5, 0.6) is 0 Å². The van der Waals surface area contributed by atoms with Gasteiger partial charge < -0.3 is 20.0 Å². The molecule has 2 aromatic heterocycles. The molecular formula is C12H19N7O. The number of nitrogens with one attached hydrogen (secondary N) is 2. The summed E-state index contributed by atoms with van der Waals surface area (Å²) in [6.45, 7) is 4.22. The van der Waals surface area contributed by atoms with Crippen molar-refractivity contribution < 1.29 is 4.42 Å². The summed E-state index contributed by atoms with van der Waals surface area (Å²) in [4.78, 5) is 18.9. The van der Waals surface area contributed by atoms with Crippen molar-refractivity contribution in [2.75, 3.05) is 36.7 Å². The molecule has 0 aliphatic carbocycles. The minimum absolute atomic E-state index is 0.425. The van der Waals surface area contributed by atoms with Crippen molar-refractivity contribution in [1.29, 1.82) is 0 Å². The fraction of sp³-hybridized carbons (Fsp3) is 0.500. The Labute approximate surface area is 117 Å². The number of hydrogen-bond donors (Lipinski definition) is 2. The minimum atomic E-state index is 0.425. The fourth-order valence-corrected chi connectivity index (χ4v) is 1.53. The van der Waals surface area contributed by atoms with Crippen LogP contribution in [0.3, 0.4) is 0 Å². The lowest BCUT2D eigenvalue weighted by atomic mass is 10.4. The Kier molecular flexibility index (Phi) is 4.02. The van der Waals surface area contributed by atoms with Crippen molar-refractivity contribution in [2.24, 2.45) is 0 Å². The van der Waals surface area contributed by atoms with Gasteiger partial charge in [-0.2, -0.15) is 15.0 Å². The highest BCUT2D eigenvalue weighted by Gasteiger charge is 2.09. The van der Waals surface area contributed by atoms with Crippen LogP contribution < -0.4 is 15.5 Å². The predicted octanol–water partition coefficient (Wildman–Crippen LogP) is 1.20. The fourth-order valence-electron chi connectivity index (χ4n) is 1.53. The van der Waals surface area contributed by atoms with E-state index in [0.717, 1.165) is 11.5 Å². The van der Waals surface area contributed by atoms with Gasteiger partial charge in [0.05, 0.1) is 12.2 Å². The Morgan fingerprint density at radius 2 is 1.75 bits per heavy atom. The molecule has 0 aliphatic heterocycles. The minimum Gasteiger partial charge on any atom is -0.444 e. The summed E-state index contributed by atoms with van der Waals surface area (Å²) >= 11 is 0. The third kappa shape index (κ3) is 3.14. The van der Waals surface area contributed by atoms with Crippen molar-refractivity contribution in [3.05, 3.63) is 17.3 Å². The molecule has 0 aromatic carbocycles. The molecule has 0 saturated carbocycles. The van der Waals surface area contributed by atoms with Gasteiger partial charge in [-0.3, -0.25) is 0 Å². The molecule has 0 fully saturated rings. The van der Waals surface area contributed by atoms with Gasteiger partial charge in [-0.15, -0.1) is 0 Å². The first-order valence-electron chi connectivity index (χ1n) is 6.27. The van der Waals surface area contributed by atoms with Crippen molar-refractivity contribution in [2.45, 2.75) is 20.4 Å². The summed E-state index contributed by atoms with van der Waals surface area (Å²) in [5.41, 5.74) is 0.891. The van der Waals surface area contributed by atoms with E-state index >= 15 is 0 Å². The van der Waals surface area contributed by atoms with E-state index in [1.165, 1.54) is 0 Å². The average molecular weight is 277 g/mol. The first kappa shape index (κ1) is 14.0. The lowest BCUT2D eigenvalue weighted by Gasteiger charge is -2.12. The molecule has 0 bridgehead atoms. The van der Waals surface area contributed by atoms with Crippen LogP contribution in [-0.4, -0.2) is 41.1 Å². The molecule has 108 valence electrons. The summed E-state index contributed by atoms with van der Waals surface area (Å²) in [6, 6.07) is 0. The molecule has 8 nitrogen and oxygen atoms in total. The molecule has 0 aliphatic rings. The zero-order chi connectivity index (χ0) is 14.7. The molecular weight excluding hydrogens is 258 g/mol. The SMILES string of the molecule is CNc1nc(NCc2nc(C)c(C)o2)nc(N(C)C)n1. The number of oxazole rings is 1. The first-order chi connectivity index (χ1) is 9.49. The van der Waals surface area contributed by atoms with Gasteiger partial charge in [0.1, 0.15) is 5.76 Å². The van der Waals surface area contributed by atoms with E-state index in [1.54, 1.807) is 7.05 Å². The Balaban J connectivity index is 2.14. The van der Waals surface area contributed by atoms with Gasteiger partial charge in [0, 0.05) is 21.1 Å². The average Bonchev–Trinajstić information content (AvgIpc) is 2.75. The van der Waals surface area contributed by atoms with E-state index in [9.17, 15) is 0 Å². The van der Waals surface area contributed by atoms with E-state index in [1.807, 2.05) is 32.8 Å². The van der Waals surface area contributed by atoms with Crippen molar-refractivity contribution in [3.8, 4) is 0 Å². The van der Waals surface area contributed by atoms with Crippen LogP contribution in [-0.2, 0) is 6.54 Å². The number of rotatable bonds is 5. The van der Waals surface area contributed by atoms with Crippen molar-refractivity contribution in [1.82, 2.24) is 19.9 Å². The maximum absolute atomic E-state index is 5.50.